The van der Waals surface area contributed by atoms with E-state index in [9.17, 15) is 4.79 Å². The van der Waals surface area contributed by atoms with Crippen molar-refractivity contribution < 1.29 is 9.32 Å². The maximum absolute atomic E-state index is 11.4. The van der Waals surface area contributed by atoms with E-state index in [-0.39, 0.29) is 5.91 Å². The van der Waals surface area contributed by atoms with Gasteiger partial charge in [-0.1, -0.05) is 24.2 Å². The Morgan fingerprint density at radius 1 is 1.47 bits per heavy atom. The number of nitrogens with zero attached hydrogens (tertiary/aromatic N) is 1. The molecule has 0 saturated heterocycles. The molecule has 0 spiro atoms. The standard InChI is InChI=1S/C11H12N2O2/c1-2-5-10(14)12-11-8-6-3-4-7-9(8)15-13-11/h3-4,6-7H,2,5H2,1H3,(H,12,13,14). The SMILES string of the molecule is CCCC(=O)Nc1noc2ccccc12. The molecule has 4 heteroatoms. The van der Waals surface area contributed by atoms with Gasteiger partial charge in [-0.3, -0.25) is 4.79 Å². The maximum Gasteiger partial charge on any atom is 0.225 e. The first-order chi connectivity index (χ1) is 7.31. The number of para-hydroxylation sites is 1. The molecule has 78 valence electrons. The van der Waals surface area contributed by atoms with Crippen molar-refractivity contribution in [2.45, 2.75) is 19.8 Å². The lowest BCUT2D eigenvalue weighted by Crippen LogP contribution is -2.10. The van der Waals surface area contributed by atoms with E-state index in [0.717, 1.165) is 11.8 Å². The molecule has 15 heavy (non-hydrogen) atoms. The van der Waals surface area contributed by atoms with Crippen molar-refractivity contribution >= 4 is 22.7 Å². The Hall–Kier alpha value is -1.84. The number of aromatic nitrogens is 1. The van der Waals surface area contributed by atoms with Gasteiger partial charge in [0.05, 0.1) is 5.39 Å². The Morgan fingerprint density at radius 2 is 2.27 bits per heavy atom. The molecule has 0 fully saturated rings. The third-order valence-electron chi connectivity index (χ3n) is 2.11. The van der Waals surface area contributed by atoms with Crippen LogP contribution in [-0.4, -0.2) is 11.1 Å². The molecule has 1 N–H and O–H groups in total. The first kappa shape index (κ1) is 9.71. The first-order valence-electron chi connectivity index (χ1n) is 4.95. The lowest BCUT2D eigenvalue weighted by Gasteiger charge is -1.98. The van der Waals surface area contributed by atoms with Crippen LogP contribution in [0.3, 0.4) is 0 Å². The summed E-state index contributed by atoms with van der Waals surface area (Å²) in [5, 5.41) is 7.37. The van der Waals surface area contributed by atoms with Crippen molar-refractivity contribution in [3.63, 3.8) is 0 Å². The van der Waals surface area contributed by atoms with Crippen LogP contribution in [0, 0.1) is 0 Å². The maximum atomic E-state index is 11.4. The summed E-state index contributed by atoms with van der Waals surface area (Å²) >= 11 is 0. The van der Waals surface area contributed by atoms with Gasteiger partial charge in [-0.2, -0.15) is 0 Å². The summed E-state index contributed by atoms with van der Waals surface area (Å²) < 4.78 is 5.06. The van der Waals surface area contributed by atoms with Crippen molar-refractivity contribution in [2.24, 2.45) is 0 Å². The highest BCUT2D eigenvalue weighted by atomic mass is 16.5. The monoisotopic (exact) mass is 204 g/mol. The largest absolute Gasteiger partial charge is 0.354 e. The van der Waals surface area contributed by atoms with Crippen LogP contribution in [0.2, 0.25) is 0 Å². The number of benzene rings is 1. The molecule has 0 aliphatic heterocycles. The van der Waals surface area contributed by atoms with Crippen LogP contribution in [0.5, 0.6) is 0 Å². The third kappa shape index (κ3) is 1.98. The highest BCUT2D eigenvalue weighted by Crippen LogP contribution is 2.21. The van der Waals surface area contributed by atoms with Gasteiger partial charge < -0.3 is 9.84 Å². The normalized spacial score (nSPS) is 10.5. The van der Waals surface area contributed by atoms with Crippen LogP contribution in [0.1, 0.15) is 19.8 Å². The molecule has 1 aromatic heterocycles. The average Bonchev–Trinajstić information content (AvgIpc) is 2.62. The van der Waals surface area contributed by atoms with E-state index in [1.807, 2.05) is 31.2 Å². The van der Waals surface area contributed by atoms with Crippen molar-refractivity contribution in [3.05, 3.63) is 24.3 Å². The fraction of sp³-hybridized carbons (Fsp3) is 0.273. The zero-order valence-electron chi connectivity index (χ0n) is 8.49. The molecule has 1 amide bonds. The smallest absolute Gasteiger partial charge is 0.225 e. The van der Waals surface area contributed by atoms with Crippen LogP contribution in [0.15, 0.2) is 28.8 Å². The summed E-state index contributed by atoms with van der Waals surface area (Å²) in [5.41, 5.74) is 0.685. The van der Waals surface area contributed by atoms with E-state index in [2.05, 4.69) is 10.5 Å². The molecule has 0 aliphatic rings. The number of amides is 1. The average molecular weight is 204 g/mol. The second-order valence-corrected chi connectivity index (χ2v) is 3.33. The van der Waals surface area contributed by atoms with E-state index >= 15 is 0 Å². The molecular formula is C11H12N2O2. The van der Waals surface area contributed by atoms with E-state index in [4.69, 9.17) is 4.52 Å². The highest BCUT2D eigenvalue weighted by Gasteiger charge is 2.09. The number of anilines is 1. The summed E-state index contributed by atoms with van der Waals surface area (Å²) in [5.74, 6) is 0.473. The van der Waals surface area contributed by atoms with E-state index in [1.54, 1.807) is 0 Å². The molecule has 0 radical (unpaired) electrons. The zero-order chi connectivity index (χ0) is 10.7. The fourth-order valence-corrected chi connectivity index (χ4v) is 1.40. The molecule has 0 atom stereocenters. The Morgan fingerprint density at radius 3 is 3.07 bits per heavy atom. The predicted octanol–water partition coefficient (Wildman–Crippen LogP) is 2.57. The van der Waals surface area contributed by atoms with Gasteiger partial charge in [-0.25, -0.2) is 0 Å². The minimum Gasteiger partial charge on any atom is -0.354 e. The van der Waals surface area contributed by atoms with Crippen molar-refractivity contribution in [1.82, 2.24) is 5.16 Å². The number of nitrogens with one attached hydrogen (secondary N) is 1. The van der Waals surface area contributed by atoms with Crippen LogP contribution in [-0.2, 0) is 4.79 Å². The van der Waals surface area contributed by atoms with Crippen LogP contribution in [0.4, 0.5) is 5.82 Å². The van der Waals surface area contributed by atoms with Crippen LogP contribution in [0.25, 0.3) is 11.0 Å². The molecular weight excluding hydrogens is 192 g/mol. The predicted molar refractivity (Wildman–Crippen MR) is 57.5 cm³/mol. The fourth-order valence-electron chi connectivity index (χ4n) is 1.40. The van der Waals surface area contributed by atoms with E-state index in [1.165, 1.54) is 0 Å². The number of hydrogen-bond donors (Lipinski definition) is 1. The van der Waals surface area contributed by atoms with E-state index < -0.39 is 0 Å². The van der Waals surface area contributed by atoms with Gasteiger partial charge in [0.15, 0.2) is 11.4 Å². The molecule has 0 unspecified atom stereocenters. The van der Waals surface area contributed by atoms with Gasteiger partial charge in [0, 0.05) is 6.42 Å². The summed E-state index contributed by atoms with van der Waals surface area (Å²) in [6, 6.07) is 7.44. The Kier molecular flexibility index (Phi) is 2.67. The topological polar surface area (TPSA) is 55.1 Å². The third-order valence-corrected chi connectivity index (χ3v) is 2.11. The summed E-state index contributed by atoms with van der Waals surface area (Å²) in [7, 11) is 0. The summed E-state index contributed by atoms with van der Waals surface area (Å²) in [6.45, 7) is 1.96. The Bertz CT molecular complexity index is 476. The molecule has 2 aromatic rings. The molecule has 0 aliphatic carbocycles. The molecule has 0 bridgehead atoms. The minimum atomic E-state index is -0.0310. The second kappa shape index (κ2) is 4.13. The second-order valence-electron chi connectivity index (χ2n) is 3.33. The first-order valence-corrected chi connectivity index (χ1v) is 4.95. The number of hydrogen-bond acceptors (Lipinski definition) is 3. The number of fused-ring (bicyclic) bond motifs is 1. The molecule has 2 rings (SSSR count). The Balaban J connectivity index is 2.25. The number of carbonyl (C=O) groups is 1. The van der Waals surface area contributed by atoms with Gasteiger partial charge in [0.1, 0.15) is 0 Å². The van der Waals surface area contributed by atoms with Gasteiger partial charge >= 0.3 is 0 Å². The number of rotatable bonds is 3. The van der Waals surface area contributed by atoms with Gasteiger partial charge in [0.25, 0.3) is 0 Å². The lowest BCUT2D eigenvalue weighted by atomic mass is 10.2. The Labute approximate surface area is 87.2 Å². The lowest BCUT2D eigenvalue weighted by molar-refractivity contribution is -0.116. The summed E-state index contributed by atoms with van der Waals surface area (Å²) in [6.07, 6.45) is 1.32. The highest BCUT2D eigenvalue weighted by molar-refractivity contribution is 5.98. The van der Waals surface area contributed by atoms with Gasteiger partial charge in [-0.05, 0) is 18.6 Å². The van der Waals surface area contributed by atoms with Gasteiger partial charge in [-0.15, -0.1) is 0 Å². The molecule has 1 aromatic carbocycles. The van der Waals surface area contributed by atoms with E-state index in [0.29, 0.717) is 17.8 Å². The number of carbonyl (C=O) groups excluding carboxylic acids is 1. The van der Waals surface area contributed by atoms with Crippen LogP contribution < -0.4 is 5.32 Å². The minimum absolute atomic E-state index is 0.0310. The van der Waals surface area contributed by atoms with Crippen molar-refractivity contribution in [1.29, 1.82) is 0 Å². The van der Waals surface area contributed by atoms with Gasteiger partial charge in [0.2, 0.25) is 5.91 Å². The quantitative estimate of drug-likeness (QED) is 0.835. The molecule has 0 saturated carbocycles. The summed E-state index contributed by atoms with van der Waals surface area (Å²) in [4.78, 5) is 11.4. The van der Waals surface area contributed by atoms with Crippen molar-refractivity contribution in [2.75, 3.05) is 5.32 Å². The zero-order valence-corrected chi connectivity index (χ0v) is 8.49. The van der Waals surface area contributed by atoms with Crippen LogP contribution >= 0.6 is 0 Å². The molecule has 4 nitrogen and oxygen atoms in total. The van der Waals surface area contributed by atoms with Crippen molar-refractivity contribution in [3.8, 4) is 0 Å². The molecule has 1 heterocycles.